The molecule has 1 heteroatoms. The van der Waals surface area contributed by atoms with Crippen molar-refractivity contribution < 1.29 is 0 Å². The smallest absolute Gasteiger partial charge is 0.0448 e. The number of allylic oxidation sites excluding steroid dienone is 4. The molecular formula is C10H11N. The molecule has 0 aliphatic heterocycles. The molecule has 2 aliphatic rings. The van der Waals surface area contributed by atoms with Crippen molar-refractivity contribution in [2.45, 2.75) is 12.1 Å². The number of hydrogen-bond donors (Lipinski definition) is 1. The van der Waals surface area contributed by atoms with Crippen LogP contribution in [0.4, 0.5) is 0 Å². The van der Waals surface area contributed by atoms with Gasteiger partial charge in [-0.15, -0.1) is 0 Å². The first-order chi connectivity index (χ1) is 5.45. The van der Waals surface area contributed by atoms with Gasteiger partial charge in [-0.05, 0) is 0 Å². The van der Waals surface area contributed by atoms with Crippen LogP contribution in [0.5, 0.6) is 0 Å². The fourth-order valence-electron chi connectivity index (χ4n) is 1.31. The molecule has 0 unspecified atom stereocenters. The lowest BCUT2D eigenvalue weighted by atomic mass is 10.2. The van der Waals surface area contributed by atoms with Crippen molar-refractivity contribution >= 4 is 0 Å². The Hall–Kier alpha value is -1.08. The van der Waals surface area contributed by atoms with Gasteiger partial charge >= 0.3 is 0 Å². The SMILES string of the molecule is C1=CC(NC2C=CC=C2)C=C1. The maximum Gasteiger partial charge on any atom is 0.0448 e. The van der Waals surface area contributed by atoms with Gasteiger partial charge in [0.25, 0.3) is 0 Å². The first kappa shape index (κ1) is 6.62. The molecule has 0 aromatic rings. The molecule has 0 amide bonds. The predicted molar refractivity (Wildman–Crippen MR) is 47.3 cm³/mol. The van der Waals surface area contributed by atoms with E-state index in [1.54, 1.807) is 0 Å². The van der Waals surface area contributed by atoms with E-state index in [0.29, 0.717) is 12.1 Å². The van der Waals surface area contributed by atoms with E-state index in [1.807, 2.05) is 0 Å². The van der Waals surface area contributed by atoms with Gasteiger partial charge < -0.3 is 0 Å². The normalized spacial score (nSPS) is 22.5. The Kier molecular flexibility index (Phi) is 1.74. The third-order valence-corrected chi connectivity index (χ3v) is 1.88. The maximum atomic E-state index is 3.43. The second-order valence-corrected chi connectivity index (χ2v) is 2.76. The molecule has 2 rings (SSSR count). The van der Waals surface area contributed by atoms with Crippen LogP contribution in [-0.4, -0.2) is 12.1 Å². The summed E-state index contributed by atoms with van der Waals surface area (Å²) in [6, 6.07) is 0.847. The molecule has 0 aromatic heterocycles. The van der Waals surface area contributed by atoms with Crippen molar-refractivity contribution in [1.82, 2.24) is 5.32 Å². The molecule has 0 saturated heterocycles. The highest BCUT2D eigenvalue weighted by Gasteiger charge is 2.08. The summed E-state index contributed by atoms with van der Waals surface area (Å²) in [5.41, 5.74) is 0. The van der Waals surface area contributed by atoms with Gasteiger partial charge in [-0.25, -0.2) is 0 Å². The summed E-state index contributed by atoms with van der Waals surface area (Å²) in [6.45, 7) is 0. The van der Waals surface area contributed by atoms with Gasteiger partial charge in [-0.1, -0.05) is 48.6 Å². The van der Waals surface area contributed by atoms with Crippen molar-refractivity contribution in [2.75, 3.05) is 0 Å². The Morgan fingerprint density at radius 3 is 1.36 bits per heavy atom. The molecule has 0 spiro atoms. The topological polar surface area (TPSA) is 12.0 Å². The minimum atomic E-state index is 0.424. The van der Waals surface area contributed by atoms with Gasteiger partial charge in [0.1, 0.15) is 0 Å². The van der Waals surface area contributed by atoms with Gasteiger partial charge in [-0.3, -0.25) is 5.32 Å². The Morgan fingerprint density at radius 2 is 1.00 bits per heavy atom. The van der Waals surface area contributed by atoms with Crippen molar-refractivity contribution in [1.29, 1.82) is 0 Å². The molecule has 1 N–H and O–H groups in total. The van der Waals surface area contributed by atoms with E-state index in [0.717, 1.165) is 0 Å². The monoisotopic (exact) mass is 145 g/mol. The number of nitrogens with one attached hydrogen (secondary N) is 1. The highest BCUT2D eigenvalue weighted by atomic mass is 14.9. The molecule has 0 bridgehead atoms. The molecule has 11 heavy (non-hydrogen) atoms. The first-order valence-corrected chi connectivity index (χ1v) is 3.91. The largest absolute Gasteiger partial charge is 0.297 e. The maximum absolute atomic E-state index is 3.43. The van der Waals surface area contributed by atoms with E-state index in [4.69, 9.17) is 0 Å². The van der Waals surface area contributed by atoms with E-state index < -0.39 is 0 Å². The third-order valence-electron chi connectivity index (χ3n) is 1.88. The minimum Gasteiger partial charge on any atom is -0.297 e. The molecule has 56 valence electrons. The summed E-state index contributed by atoms with van der Waals surface area (Å²) in [5.74, 6) is 0. The van der Waals surface area contributed by atoms with Crippen LogP contribution >= 0.6 is 0 Å². The Morgan fingerprint density at radius 1 is 0.636 bits per heavy atom. The van der Waals surface area contributed by atoms with Crippen molar-refractivity contribution in [3.05, 3.63) is 48.6 Å². The van der Waals surface area contributed by atoms with Crippen molar-refractivity contribution in [3.8, 4) is 0 Å². The third kappa shape index (κ3) is 1.49. The molecule has 0 saturated carbocycles. The lowest BCUT2D eigenvalue weighted by Crippen LogP contribution is -2.31. The quantitative estimate of drug-likeness (QED) is 0.622. The van der Waals surface area contributed by atoms with Crippen molar-refractivity contribution in [2.24, 2.45) is 0 Å². The molecule has 0 radical (unpaired) electrons. The summed E-state index contributed by atoms with van der Waals surface area (Å²) in [4.78, 5) is 0. The van der Waals surface area contributed by atoms with Crippen LogP contribution in [0.15, 0.2) is 48.6 Å². The average molecular weight is 145 g/mol. The van der Waals surface area contributed by atoms with Crippen LogP contribution in [0, 0.1) is 0 Å². The summed E-state index contributed by atoms with van der Waals surface area (Å²) >= 11 is 0. The molecule has 0 fully saturated rings. The van der Waals surface area contributed by atoms with E-state index in [9.17, 15) is 0 Å². The van der Waals surface area contributed by atoms with E-state index in [1.165, 1.54) is 0 Å². The highest BCUT2D eigenvalue weighted by molar-refractivity contribution is 5.26. The lowest BCUT2D eigenvalue weighted by molar-refractivity contribution is 0.668. The van der Waals surface area contributed by atoms with Gasteiger partial charge in [0.2, 0.25) is 0 Å². The number of hydrogen-bond acceptors (Lipinski definition) is 1. The zero-order valence-corrected chi connectivity index (χ0v) is 6.27. The van der Waals surface area contributed by atoms with E-state index in [-0.39, 0.29) is 0 Å². The van der Waals surface area contributed by atoms with Gasteiger partial charge in [0, 0.05) is 12.1 Å². The average Bonchev–Trinajstić information content (AvgIpc) is 2.60. The van der Waals surface area contributed by atoms with Crippen molar-refractivity contribution in [3.63, 3.8) is 0 Å². The Balaban J connectivity index is 1.90. The molecule has 1 nitrogen and oxygen atoms in total. The van der Waals surface area contributed by atoms with Crippen LogP contribution in [0.2, 0.25) is 0 Å². The lowest BCUT2D eigenvalue weighted by Gasteiger charge is -2.11. The summed E-state index contributed by atoms with van der Waals surface area (Å²) in [7, 11) is 0. The molecule has 2 aliphatic carbocycles. The zero-order chi connectivity index (χ0) is 7.52. The molecule has 0 heterocycles. The van der Waals surface area contributed by atoms with Crippen LogP contribution in [0.3, 0.4) is 0 Å². The van der Waals surface area contributed by atoms with Crippen LogP contribution in [-0.2, 0) is 0 Å². The van der Waals surface area contributed by atoms with Crippen LogP contribution < -0.4 is 5.32 Å². The zero-order valence-electron chi connectivity index (χ0n) is 6.27. The highest BCUT2D eigenvalue weighted by Crippen LogP contribution is 2.05. The van der Waals surface area contributed by atoms with Crippen LogP contribution in [0.25, 0.3) is 0 Å². The molecular weight excluding hydrogens is 134 g/mol. The fraction of sp³-hybridized carbons (Fsp3) is 0.200. The molecule has 0 aromatic carbocycles. The summed E-state index contributed by atoms with van der Waals surface area (Å²) < 4.78 is 0. The summed E-state index contributed by atoms with van der Waals surface area (Å²) in [5, 5.41) is 3.43. The fourth-order valence-corrected chi connectivity index (χ4v) is 1.31. The Labute approximate surface area is 66.8 Å². The molecule has 0 atom stereocenters. The van der Waals surface area contributed by atoms with Gasteiger partial charge in [0.15, 0.2) is 0 Å². The van der Waals surface area contributed by atoms with Gasteiger partial charge in [-0.2, -0.15) is 0 Å². The predicted octanol–water partition coefficient (Wildman–Crippen LogP) is 1.57. The van der Waals surface area contributed by atoms with E-state index in [2.05, 4.69) is 53.9 Å². The minimum absolute atomic E-state index is 0.424. The standard InChI is InChI=1S/C10H11N/c1-2-6-9(5-1)11-10-7-3-4-8-10/h1-11H. The van der Waals surface area contributed by atoms with E-state index >= 15 is 0 Å². The number of rotatable bonds is 2. The first-order valence-electron chi connectivity index (χ1n) is 3.91. The second-order valence-electron chi connectivity index (χ2n) is 2.76. The second kappa shape index (κ2) is 2.89. The summed E-state index contributed by atoms with van der Waals surface area (Å²) in [6.07, 6.45) is 16.9. The van der Waals surface area contributed by atoms with Crippen LogP contribution in [0.1, 0.15) is 0 Å². The van der Waals surface area contributed by atoms with Gasteiger partial charge in [0.05, 0.1) is 0 Å². The Bertz CT molecular complexity index is 196.